The molecule has 0 saturated carbocycles. The number of aliphatic imine (C=N–C) groups is 1. The maximum absolute atomic E-state index is 12.5. The van der Waals surface area contributed by atoms with Crippen LogP contribution in [-0.2, 0) is 11.3 Å². The average molecular weight is 476 g/mol. The van der Waals surface area contributed by atoms with E-state index in [0.717, 1.165) is 16.7 Å². The number of benzene rings is 2. The van der Waals surface area contributed by atoms with Gasteiger partial charge in [-0.3, -0.25) is 15.1 Å². The Bertz CT molecular complexity index is 1160. The number of hydrogen-bond acceptors (Lipinski definition) is 5. The summed E-state index contributed by atoms with van der Waals surface area (Å²) < 4.78 is 5.73. The number of aryl methyl sites for hydroxylation is 2. The van der Waals surface area contributed by atoms with Crippen LogP contribution in [0.3, 0.4) is 0 Å². The van der Waals surface area contributed by atoms with Gasteiger partial charge in [-0.15, -0.1) is 0 Å². The van der Waals surface area contributed by atoms with Crippen LogP contribution in [0.15, 0.2) is 71.9 Å². The van der Waals surface area contributed by atoms with E-state index >= 15 is 0 Å². The molecule has 0 unspecified atom stereocenters. The average Bonchev–Trinajstić information content (AvgIpc) is 2.84. The molecule has 1 heterocycles. The highest BCUT2D eigenvalue weighted by atomic mass is 16.5. The normalized spacial score (nSPS) is 11.9. The Morgan fingerprint density at radius 2 is 1.69 bits per heavy atom. The van der Waals surface area contributed by atoms with E-state index < -0.39 is 17.9 Å². The van der Waals surface area contributed by atoms with Crippen molar-refractivity contribution in [3.63, 3.8) is 0 Å². The van der Waals surface area contributed by atoms with Crippen molar-refractivity contribution in [3.05, 3.63) is 83.6 Å². The summed E-state index contributed by atoms with van der Waals surface area (Å²) >= 11 is 0. The second-order valence-corrected chi connectivity index (χ2v) is 8.15. The number of pyridine rings is 1. The number of carbonyl (C=O) groups excluding carboxylic acids is 1. The summed E-state index contributed by atoms with van der Waals surface area (Å²) in [5, 5.41) is 17.6. The fourth-order valence-corrected chi connectivity index (χ4v) is 2.84. The second kappa shape index (κ2) is 12.2. The fourth-order valence-electron chi connectivity index (χ4n) is 2.84. The molecule has 0 aliphatic rings. The highest BCUT2D eigenvalue weighted by Gasteiger charge is 2.12. The molecule has 9 nitrogen and oxygen atoms in total. The predicted octanol–water partition coefficient (Wildman–Crippen LogP) is 4.48. The molecule has 1 aromatic heterocycles. The first-order chi connectivity index (χ1) is 16.8. The zero-order chi connectivity index (χ0) is 25.2. The van der Waals surface area contributed by atoms with E-state index in [4.69, 9.17) is 9.84 Å². The highest BCUT2D eigenvalue weighted by molar-refractivity contribution is 6.03. The molecule has 0 spiro atoms. The molecular formula is C26H29N5O4. The van der Waals surface area contributed by atoms with Gasteiger partial charge in [0, 0.05) is 24.5 Å². The number of nitrogens with zero attached hydrogens (tertiary/aromatic N) is 2. The Hall–Kier alpha value is -4.40. The summed E-state index contributed by atoms with van der Waals surface area (Å²) in [6.45, 7) is 5.82. The molecule has 0 aliphatic carbocycles. The molecule has 0 bridgehead atoms. The number of aromatic nitrogens is 1. The number of aliphatic carboxylic acids is 1. The number of urea groups is 1. The Morgan fingerprint density at radius 3 is 2.31 bits per heavy atom. The first kappa shape index (κ1) is 25.2. The predicted molar refractivity (Wildman–Crippen MR) is 135 cm³/mol. The number of nitrogens with one attached hydrogen (secondary N) is 3. The van der Waals surface area contributed by atoms with Crippen LogP contribution in [0.1, 0.15) is 23.6 Å². The lowest BCUT2D eigenvalue weighted by atomic mass is 10.1. The van der Waals surface area contributed by atoms with E-state index in [9.17, 15) is 9.59 Å². The second-order valence-electron chi connectivity index (χ2n) is 8.15. The molecule has 3 aromatic rings. The molecule has 2 amide bonds. The molecule has 0 aliphatic heterocycles. The van der Waals surface area contributed by atoms with Crippen LogP contribution in [-0.4, -0.2) is 34.6 Å². The molecule has 2 aromatic carbocycles. The first-order valence-corrected chi connectivity index (χ1v) is 11.1. The topological polar surface area (TPSA) is 125 Å². The lowest BCUT2D eigenvalue weighted by molar-refractivity contribution is -0.140. The van der Waals surface area contributed by atoms with E-state index in [1.807, 2.05) is 44.2 Å². The third-order valence-electron chi connectivity index (χ3n) is 4.97. The monoisotopic (exact) mass is 475 g/mol. The van der Waals surface area contributed by atoms with Gasteiger partial charge < -0.3 is 20.5 Å². The van der Waals surface area contributed by atoms with Crippen molar-refractivity contribution >= 4 is 23.6 Å². The number of rotatable bonds is 8. The van der Waals surface area contributed by atoms with Crippen molar-refractivity contribution in [1.29, 1.82) is 0 Å². The summed E-state index contributed by atoms with van der Waals surface area (Å²) in [4.78, 5) is 32.1. The van der Waals surface area contributed by atoms with Gasteiger partial charge in [0.25, 0.3) is 0 Å². The van der Waals surface area contributed by atoms with Crippen molar-refractivity contribution < 1.29 is 19.4 Å². The molecule has 1 atom stereocenters. The molecule has 4 N–H and O–H groups in total. The van der Waals surface area contributed by atoms with Gasteiger partial charge in [0.1, 0.15) is 5.75 Å². The third kappa shape index (κ3) is 8.47. The van der Waals surface area contributed by atoms with Crippen molar-refractivity contribution in [1.82, 2.24) is 15.6 Å². The van der Waals surface area contributed by atoms with Gasteiger partial charge in [0.2, 0.25) is 11.8 Å². The minimum atomic E-state index is -0.969. The number of ether oxygens (including phenoxy) is 1. The standard InChI is InChI=1S/C26H29N5O4/c1-17-4-7-20(8-5-17)16-29-26(34)31-25(28-15-19(3)24(32)33)30-21-9-11-22(12-10-21)35-23-13-6-18(2)14-27-23/h4-14,19H,15-16H2,1-3H3,(H,32,33)(H3,28,29,30,31,34)/t19-/m0/s1. The van der Waals surface area contributed by atoms with Crippen molar-refractivity contribution in [2.75, 3.05) is 11.9 Å². The zero-order valence-corrected chi connectivity index (χ0v) is 19.9. The molecule has 3 rings (SSSR count). The van der Waals surface area contributed by atoms with Gasteiger partial charge in [-0.1, -0.05) is 42.8 Å². The molecule has 0 fully saturated rings. The van der Waals surface area contributed by atoms with E-state index in [1.165, 1.54) is 0 Å². The molecular weight excluding hydrogens is 446 g/mol. The van der Waals surface area contributed by atoms with E-state index in [0.29, 0.717) is 23.9 Å². The largest absolute Gasteiger partial charge is 0.481 e. The van der Waals surface area contributed by atoms with Crippen LogP contribution in [0.2, 0.25) is 0 Å². The Labute approximate surface area is 204 Å². The van der Waals surface area contributed by atoms with Crippen LogP contribution < -0.4 is 20.7 Å². The first-order valence-electron chi connectivity index (χ1n) is 11.1. The van der Waals surface area contributed by atoms with Crippen LogP contribution in [0.4, 0.5) is 10.5 Å². The number of carboxylic acid groups (broad SMARTS) is 1. The Morgan fingerprint density at radius 1 is 1.00 bits per heavy atom. The minimum Gasteiger partial charge on any atom is -0.481 e. The van der Waals surface area contributed by atoms with E-state index in [2.05, 4.69) is 25.9 Å². The molecule has 0 saturated heterocycles. The zero-order valence-electron chi connectivity index (χ0n) is 19.9. The summed E-state index contributed by atoms with van der Waals surface area (Å²) in [6.07, 6.45) is 1.72. The number of carboxylic acids is 1. The Kier molecular flexibility index (Phi) is 8.77. The van der Waals surface area contributed by atoms with Gasteiger partial charge in [0.15, 0.2) is 0 Å². The quantitative estimate of drug-likeness (QED) is 0.281. The molecule has 9 heteroatoms. The number of hydrogen-bond donors (Lipinski definition) is 4. The fraction of sp³-hybridized carbons (Fsp3) is 0.231. The SMILES string of the molecule is Cc1ccc(CNC(=O)NC(=NC[C@H](C)C(=O)O)Nc2ccc(Oc3ccc(C)cn3)cc2)cc1. The lowest BCUT2D eigenvalue weighted by Crippen LogP contribution is -2.42. The van der Waals surface area contributed by atoms with E-state index in [1.54, 1.807) is 43.5 Å². The van der Waals surface area contributed by atoms with Gasteiger partial charge >= 0.3 is 12.0 Å². The van der Waals surface area contributed by atoms with Crippen LogP contribution in [0, 0.1) is 19.8 Å². The summed E-state index contributed by atoms with van der Waals surface area (Å²) in [5.41, 5.74) is 3.76. The maximum atomic E-state index is 12.5. The maximum Gasteiger partial charge on any atom is 0.321 e. The molecule has 0 radical (unpaired) electrons. The highest BCUT2D eigenvalue weighted by Crippen LogP contribution is 2.21. The smallest absolute Gasteiger partial charge is 0.321 e. The van der Waals surface area contributed by atoms with Crippen molar-refractivity contribution in [2.45, 2.75) is 27.3 Å². The van der Waals surface area contributed by atoms with Crippen LogP contribution in [0.5, 0.6) is 11.6 Å². The van der Waals surface area contributed by atoms with Gasteiger partial charge in [-0.25, -0.2) is 9.78 Å². The van der Waals surface area contributed by atoms with Gasteiger partial charge in [0.05, 0.1) is 12.5 Å². The van der Waals surface area contributed by atoms with Crippen molar-refractivity contribution in [2.24, 2.45) is 10.9 Å². The van der Waals surface area contributed by atoms with Crippen molar-refractivity contribution in [3.8, 4) is 11.6 Å². The third-order valence-corrected chi connectivity index (χ3v) is 4.97. The van der Waals surface area contributed by atoms with E-state index in [-0.39, 0.29) is 12.5 Å². The van der Waals surface area contributed by atoms with Gasteiger partial charge in [-0.2, -0.15) is 0 Å². The van der Waals surface area contributed by atoms with Crippen LogP contribution >= 0.6 is 0 Å². The number of anilines is 1. The number of guanidine groups is 1. The minimum absolute atomic E-state index is 0.00377. The Balaban J connectivity index is 1.63. The lowest BCUT2D eigenvalue weighted by Gasteiger charge is -2.14. The van der Waals surface area contributed by atoms with Crippen LogP contribution in [0.25, 0.3) is 0 Å². The number of carbonyl (C=O) groups is 2. The summed E-state index contributed by atoms with van der Waals surface area (Å²) in [6, 6.07) is 18.1. The molecule has 35 heavy (non-hydrogen) atoms. The van der Waals surface area contributed by atoms with Gasteiger partial charge in [-0.05, 0) is 49.2 Å². The summed E-state index contributed by atoms with van der Waals surface area (Å²) in [7, 11) is 0. The summed E-state index contributed by atoms with van der Waals surface area (Å²) in [5.74, 6) is -0.472. The number of amides is 2. The molecule has 182 valence electrons.